The van der Waals surface area contributed by atoms with Gasteiger partial charge in [0.2, 0.25) is 0 Å². The number of rotatable bonds is 15. The van der Waals surface area contributed by atoms with E-state index in [1.54, 1.807) is 0 Å². The van der Waals surface area contributed by atoms with Gasteiger partial charge in [-0.05, 0) is 0 Å². The van der Waals surface area contributed by atoms with Crippen molar-refractivity contribution in [2.75, 3.05) is 10.2 Å². The first kappa shape index (κ1) is 28.2. The van der Waals surface area contributed by atoms with Gasteiger partial charge in [0, 0.05) is 0 Å². The number of hydrogen-bond donors (Lipinski definition) is 2. The summed E-state index contributed by atoms with van der Waals surface area (Å²) in [5.74, 6) is 0. The Balaban J connectivity index is 2.46. The second-order valence-corrected chi connectivity index (χ2v) is 24.4. The standard InChI is InChI=1S/C12H11Br2N2O2P.3C4H9.Sn/c13-9-5-1-3-7-11(9)15-19(17,18)16-12-8-4-2-6-10(12)14;3*1-3-4-2;/h1-8H,(H3,15,16,17,18);3*1,3-4H2,2H3;/q;;;;+1/p-1. The Hall–Kier alpha value is -0.0113. The van der Waals surface area contributed by atoms with E-state index in [4.69, 9.17) is 2.86 Å². The maximum atomic E-state index is 14.5. The SMILES string of the molecule is CCC[CH2][Sn]([CH2]CCC)([CH2]CCC)[O]P(=O)(Nc1ccccc1Br)Nc1ccccc1Br. The molecule has 4 nitrogen and oxygen atoms in total. The average Bonchev–Trinajstić information content (AvgIpc) is 2.78. The van der Waals surface area contributed by atoms with E-state index in [9.17, 15) is 4.57 Å². The molecule has 2 aromatic carbocycles. The second kappa shape index (κ2) is 14.4. The molecule has 0 spiro atoms. The van der Waals surface area contributed by atoms with Crippen molar-refractivity contribution in [1.29, 1.82) is 0 Å². The van der Waals surface area contributed by atoms with E-state index in [-0.39, 0.29) is 0 Å². The van der Waals surface area contributed by atoms with Crippen molar-refractivity contribution < 1.29 is 7.43 Å². The number of halogens is 2. The van der Waals surface area contributed by atoms with Gasteiger partial charge < -0.3 is 0 Å². The molecule has 2 rings (SSSR count). The zero-order valence-corrected chi connectivity index (χ0v) is 26.4. The third kappa shape index (κ3) is 8.98. The first-order valence-electron chi connectivity index (χ1n) is 11.7. The van der Waals surface area contributed by atoms with Crippen LogP contribution in [-0.2, 0) is 7.43 Å². The Bertz CT molecular complexity index is 811. The fourth-order valence-corrected chi connectivity index (χ4v) is 25.3. The van der Waals surface area contributed by atoms with Crippen LogP contribution < -0.4 is 10.2 Å². The van der Waals surface area contributed by atoms with E-state index in [1.807, 2.05) is 48.5 Å². The van der Waals surface area contributed by atoms with Crippen molar-refractivity contribution in [2.45, 2.75) is 72.6 Å². The van der Waals surface area contributed by atoms with E-state index in [2.05, 4.69) is 62.8 Å². The van der Waals surface area contributed by atoms with Gasteiger partial charge in [-0.1, -0.05) is 0 Å². The fourth-order valence-electron chi connectivity index (χ4n) is 3.78. The molecule has 0 radical (unpaired) electrons. The molecular formula is C24H37Br2N2O2PSn. The van der Waals surface area contributed by atoms with Crippen LogP contribution in [0.5, 0.6) is 0 Å². The molecule has 0 heterocycles. The van der Waals surface area contributed by atoms with Gasteiger partial charge in [0.15, 0.2) is 0 Å². The van der Waals surface area contributed by atoms with E-state index in [0.717, 1.165) is 72.2 Å². The molecule has 178 valence electrons. The van der Waals surface area contributed by atoms with Crippen molar-refractivity contribution in [2.24, 2.45) is 0 Å². The molecule has 32 heavy (non-hydrogen) atoms. The Morgan fingerprint density at radius 3 is 1.47 bits per heavy atom. The fraction of sp³-hybridized carbons (Fsp3) is 0.500. The zero-order valence-electron chi connectivity index (χ0n) is 19.5. The van der Waals surface area contributed by atoms with Gasteiger partial charge in [-0.2, -0.15) is 0 Å². The molecule has 0 saturated carbocycles. The first-order chi connectivity index (χ1) is 15.4. The van der Waals surface area contributed by atoms with Crippen molar-refractivity contribution in [3.8, 4) is 0 Å². The van der Waals surface area contributed by atoms with Crippen molar-refractivity contribution in [3.05, 3.63) is 57.5 Å². The zero-order chi connectivity index (χ0) is 23.5. The Labute approximate surface area is 215 Å². The van der Waals surface area contributed by atoms with E-state index >= 15 is 0 Å². The summed E-state index contributed by atoms with van der Waals surface area (Å²) < 4.78 is 26.6. The van der Waals surface area contributed by atoms with Crippen molar-refractivity contribution in [3.63, 3.8) is 0 Å². The predicted octanol–water partition coefficient (Wildman–Crippen LogP) is 10.2. The summed E-state index contributed by atoms with van der Waals surface area (Å²) in [5.41, 5.74) is 1.55. The second-order valence-electron chi connectivity index (χ2n) is 8.32. The molecule has 0 amide bonds. The normalized spacial score (nSPS) is 12.0. The molecular weight excluding hydrogens is 658 g/mol. The van der Waals surface area contributed by atoms with Crippen LogP contribution in [0.3, 0.4) is 0 Å². The number of nitrogens with one attached hydrogen (secondary N) is 2. The summed E-state index contributed by atoms with van der Waals surface area (Å²) in [6.45, 7) is 6.69. The summed E-state index contributed by atoms with van der Waals surface area (Å²) in [6.07, 6.45) is 6.86. The summed E-state index contributed by atoms with van der Waals surface area (Å²) in [7, 11) is -3.43. The number of hydrogen-bond acceptors (Lipinski definition) is 2. The van der Waals surface area contributed by atoms with Gasteiger partial charge in [-0.25, -0.2) is 0 Å². The molecule has 0 atom stereocenters. The summed E-state index contributed by atoms with van der Waals surface area (Å²) >= 11 is 4.00. The Kier molecular flexibility index (Phi) is 12.7. The van der Waals surface area contributed by atoms with Crippen LogP contribution in [0.2, 0.25) is 13.3 Å². The molecule has 0 aliphatic heterocycles. The third-order valence-corrected chi connectivity index (χ3v) is 25.0. The minimum absolute atomic E-state index is 0.775. The predicted molar refractivity (Wildman–Crippen MR) is 149 cm³/mol. The number of para-hydroxylation sites is 2. The molecule has 0 fully saturated rings. The number of unbranched alkanes of at least 4 members (excludes halogenated alkanes) is 3. The van der Waals surface area contributed by atoms with E-state index < -0.39 is 26.5 Å². The molecule has 0 aromatic heterocycles. The van der Waals surface area contributed by atoms with E-state index in [0.29, 0.717) is 0 Å². The number of anilines is 2. The molecule has 0 saturated heterocycles. The summed E-state index contributed by atoms with van der Waals surface area (Å²) in [6, 6.07) is 15.6. The monoisotopic (exact) mass is 694 g/mol. The van der Waals surface area contributed by atoms with Crippen LogP contribution >= 0.6 is 39.5 Å². The van der Waals surface area contributed by atoms with Gasteiger partial charge >= 0.3 is 217 Å². The molecule has 2 N–H and O–H groups in total. The topological polar surface area (TPSA) is 50.4 Å². The summed E-state index contributed by atoms with van der Waals surface area (Å²) in [4.78, 5) is 0. The molecule has 0 unspecified atom stereocenters. The van der Waals surface area contributed by atoms with Crippen LogP contribution in [0.1, 0.15) is 59.3 Å². The van der Waals surface area contributed by atoms with Gasteiger partial charge in [-0.3, -0.25) is 0 Å². The first-order valence-corrected chi connectivity index (χ1v) is 22.2. The number of benzene rings is 2. The van der Waals surface area contributed by atoms with Crippen LogP contribution in [-0.4, -0.2) is 18.8 Å². The molecule has 2 aromatic rings. The molecule has 8 heteroatoms. The summed E-state index contributed by atoms with van der Waals surface area (Å²) in [5, 5.41) is 6.58. The van der Waals surface area contributed by atoms with Gasteiger partial charge in [0.1, 0.15) is 0 Å². The molecule has 0 bridgehead atoms. The Morgan fingerprint density at radius 1 is 0.750 bits per heavy atom. The van der Waals surface area contributed by atoms with E-state index in [1.165, 1.54) is 0 Å². The van der Waals surface area contributed by atoms with Crippen molar-refractivity contribution in [1.82, 2.24) is 0 Å². The quantitative estimate of drug-likeness (QED) is 0.144. The molecule has 0 aliphatic rings. The van der Waals surface area contributed by atoms with Crippen LogP contribution in [0.4, 0.5) is 11.4 Å². The minimum atomic E-state index is -3.43. The van der Waals surface area contributed by atoms with Crippen LogP contribution in [0.25, 0.3) is 0 Å². The van der Waals surface area contributed by atoms with Crippen LogP contribution in [0, 0.1) is 0 Å². The maximum absolute atomic E-state index is 14.5. The Morgan fingerprint density at radius 2 is 1.12 bits per heavy atom. The third-order valence-electron chi connectivity index (χ3n) is 5.56. The van der Waals surface area contributed by atoms with Gasteiger partial charge in [0.25, 0.3) is 0 Å². The van der Waals surface area contributed by atoms with Gasteiger partial charge in [0.05, 0.1) is 0 Å². The molecule has 0 aliphatic carbocycles. The van der Waals surface area contributed by atoms with Gasteiger partial charge in [-0.15, -0.1) is 0 Å². The van der Waals surface area contributed by atoms with Crippen LogP contribution in [0.15, 0.2) is 57.5 Å². The average molecular weight is 695 g/mol. The van der Waals surface area contributed by atoms with Crippen molar-refractivity contribution >= 4 is 69.7 Å².